The van der Waals surface area contributed by atoms with Crippen molar-refractivity contribution in [1.29, 1.82) is 0 Å². The van der Waals surface area contributed by atoms with Crippen molar-refractivity contribution >= 4 is 11.9 Å². The van der Waals surface area contributed by atoms with Gasteiger partial charge in [0.05, 0.1) is 6.61 Å². The maximum Gasteiger partial charge on any atom is 0.397 e. The molecule has 1 saturated carbocycles. The van der Waals surface area contributed by atoms with Crippen LogP contribution in [0.3, 0.4) is 0 Å². The van der Waals surface area contributed by atoms with E-state index in [1.807, 2.05) is 0 Å². The SMILES string of the molecule is CCOC(=O)C(=O)N1CCC2CCCC21. The van der Waals surface area contributed by atoms with Crippen molar-refractivity contribution in [2.75, 3.05) is 13.2 Å². The highest BCUT2D eigenvalue weighted by Gasteiger charge is 2.41. The standard InChI is InChI=1S/C11H17NO3/c1-2-15-11(14)10(13)12-7-6-8-4-3-5-9(8)12/h8-9H,2-7H2,1H3. The second kappa shape index (κ2) is 4.21. The molecule has 2 aliphatic rings. The molecule has 0 radical (unpaired) electrons. The third-order valence-corrected chi connectivity index (χ3v) is 3.47. The predicted octanol–water partition coefficient (Wildman–Crippen LogP) is 0.950. The summed E-state index contributed by atoms with van der Waals surface area (Å²) in [6, 6.07) is 0.307. The van der Waals surface area contributed by atoms with Crippen LogP contribution in [-0.2, 0) is 14.3 Å². The summed E-state index contributed by atoms with van der Waals surface area (Å²) in [5.74, 6) is -0.500. The summed E-state index contributed by atoms with van der Waals surface area (Å²) in [5.41, 5.74) is 0. The fourth-order valence-electron chi connectivity index (χ4n) is 2.80. The monoisotopic (exact) mass is 211 g/mol. The van der Waals surface area contributed by atoms with Crippen LogP contribution in [0.15, 0.2) is 0 Å². The number of nitrogens with zero attached hydrogens (tertiary/aromatic N) is 1. The van der Waals surface area contributed by atoms with Crippen molar-refractivity contribution in [3.63, 3.8) is 0 Å². The van der Waals surface area contributed by atoms with Crippen LogP contribution in [-0.4, -0.2) is 36.0 Å². The third kappa shape index (κ3) is 1.85. The highest BCUT2D eigenvalue weighted by atomic mass is 16.5. The Labute approximate surface area is 89.6 Å². The minimum atomic E-state index is -0.690. The van der Waals surface area contributed by atoms with Crippen LogP contribution in [0, 0.1) is 5.92 Å². The van der Waals surface area contributed by atoms with Gasteiger partial charge in [0.15, 0.2) is 0 Å². The molecule has 0 aromatic carbocycles. The summed E-state index contributed by atoms with van der Waals surface area (Å²) in [6.07, 6.45) is 4.49. The van der Waals surface area contributed by atoms with E-state index >= 15 is 0 Å². The van der Waals surface area contributed by atoms with Crippen molar-refractivity contribution in [3.8, 4) is 0 Å². The van der Waals surface area contributed by atoms with Crippen molar-refractivity contribution in [3.05, 3.63) is 0 Å². The van der Waals surface area contributed by atoms with Crippen LogP contribution in [0.2, 0.25) is 0 Å². The lowest BCUT2D eigenvalue weighted by Crippen LogP contribution is -2.41. The number of carbonyl (C=O) groups excluding carboxylic acids is 2. The van der Waals surface area contributed by atoms with Gasteiger partial charge in [0.1, 0.15) is 0 Å². The summed E-state index contributed by atoms with van der Waals surface area (Å²) in [4.78, 5) is 24.8. The lowest BCUT2D eigenvalue weighted by atomic mass is 10.0. The van der Waals surface area contributed by atoms with Gasteiger partial charge in [-0.05, 0) is 32.1 Å². The Hall–Kier alpha value is -1.06. The van der Waals surface area contributed by atoms with Gasteiger partial charge >= 0.3 is 11.9 Å². The van der Waals surface area contributed by atoms with Gasteiger partial charge in [-0.2, -0.15) is 0 Å². The zero-order valence-corrected chi connectivity index (χ0v) is 9.07. The number of fused-ring (bicyclic) bond motifs is 1. The molecule has 15 heavy (non-hydrogen) atoms. The van der Waals surface area contributed by atoms with Crippen LogP contribution in [0.4, 0.5) is 0 Å². The lowest BCUT2D eigenvalue weighted by molar-refractivity contribution is -0.160. The molecule has 2 fully saturated rings. The number of hydrogen-bond acceptors (Lipinski definition) is 3. The molecule has 0 N–H and O–H groups in total. The molecular formula is C11H17NO3. The van der Waals surface area contributed by atoms with Gasteiger partial charge < -0.3 is 9.64 Å². The van der Waals surface area contributed by atoms with Gasteiger partial charge in [0, 0.05) is 12.6 Å². The van der Waals surface area contributed by atoms with Gasteiger partial charge in [-0.3, -0.25) is 4.79 Å². The van der Waals surface area contributed by atoms with Crippen molar-refractivity contribution in [1.82, 2.24) is 4.90 Å². The van der Waals surface area contributed by atoms with Crippen LogP contribution < -0.4 is 0 Å². The van der Waals surface area contributed by atoms with E-state index in [4.69, 9.17) is 4.74 Å². The summed E-state index contributed by atoms with van der Waals surface area (Å²) < 4.78 is 4.73. The van der Waals surface area contributed by atoms with Gasteiger partial charge in [-0.15, -0.1) is 0 Å². The predicted molar refractivity (Wildman–Crippen MR) is 54.1 cm³/mol. The van der Waals surface area contributed by atoms with E-state index in [-0.39, 0.29) is 6.61 Å². The maximum absolute atomic E-state index is 11.7. The molecule has 1 heterocycles. The first-order valence-electron chi connectivity index (χ1n) is 5.71. The highest BCUT2D eigenvalue weighted by molar-refractivity contribution is 6.32. The molecule has 0 aromatic rings. The molecule has 4 nitrogen and oxygen atoms in total. The minimum absolute atomic E-state index is 0.270. The van der Waals surface area contributed by atoms with Gasteiger partial charge in [-0.25, -0.2) is 4.79 Å². The Morgan fingerprint density at radius 2 is 2.13 bits per heavy atom. The topological polar surface area (TPSA) is 46.6 Å². The summed E-state index contributed by atoms with van der Waals surface area (Å²) in [6.45, 7) is 2.72. The van der Waals surface area contributed by atoms with E-state index in [1.54, 1.807) is 11.8 Å². The molecule has 4 heteroatoms. The highest BCUT2D eigenvalue weighted by Crippen LogP contribution is 2.37. The Morgan fingerprint density at radius 1 is 1.33 bits per heavy atom. The zero-order chi connectivity index (χ0) is 10.8. The van der Waals surface area contributed by atoms with Crippen molar-refractivity contribution in [2.24, 2.45) is 5.92 Å². The molecule has 0 aromatic heterocycles. The zero-order valence-electron chi connectivity index (χ0n) is 9.07. The Kier molecular flexibility index (Phi) is 2.93. The molecule has 1 amide bonds. The number of esters is 1. The van der Waals surface area contributed by atoms with Crippen molar-refractivity contribution in [2.45, 2.75) is 38.6 Å². The van der Waals surface area contributed by atoms with E-state index < -0.39 is 11.9 Å². The summed E-state index contributed by atoms with van der Waals surface area (Å²) in [5, 5.41) is 0. The second-order valence-electron chi connectivity index (χ2n) is 4.27. The van der Waals surface area contributed by atoms with E-state index in [9.17, 15) is 9.59 Å². The van der Waals surface area contributed by atoms with Crippen molar-refractivity contribution < 1.29 is 14.3 Å². The van der Waals surface area contributed by atoms with Crippen LogP contribution in [0.5, 0.6) is 0 Å². The second-order valence-corrected chi connectivity index (χ2v) is 4.27. The number of rotatable bonds is 1. The normalized spacial score (nSPS) is 29.0. The first-order valence-corrected chi connectivity index (χ1v) is 5.71. The Balaban J connectivity index is 1.98. The molecule has 1 saturated heterocycles. The number of likely N-dealkylation sites (tertiary alicyclic amines) is 1. The largest absolute Gasteiger partial charge is 0.459 e. The first-order chi connectivity index (χ1) is 7.24. The van der Waals surface area contributed by atoms with E-state index in [0.717, 1.165) is 19.4 Å². The van der Waals surface area contributed by atoms with E-state index in [2.05, 4.69) is 0 Å². The van der Waals surface area contributed by atoms with E-state index in [0.29, 0.717) is 12.0 Å². The van der Waals surface area contributed by atoms with Gasteiger partial charge in [0.25, 0.3) is 0 Å². The summed E-state index contributed by atoms with van der Waals surface area (Å²) >= 11 is 0. The van der Waals surface area contributed by atoms with E-state index in [1.165, 1.54) is 12.8 Å². The molecular weight excluding hydrogens is 194 g/mol. The number of hydrogen-bond donors (Lipinski definition) is 0. The fourth-order valence-corrected chi connectivity index (χ4v) is 2.80. The molecule has 84 valence electrons. The molecule has 2 unspecified atom stereocenters. The molecule has 1 aliphatic heterocycles. The smallest absolute Gasteiger partial charge is 0.397 e. The molecule has 0 bridgehead atoms. The number of carbonyl (C=O) groups is 2. The van der Waals surface area contributed by atoms with Crippen LogP contribution in [0.1, 0.15) is 32.6 Å². The molecule has 2 rings (SSSR count). The Morgan fingerprint density at radius 3 is 2.87 bits per heavy atom. The first kappa shape index (κ1) is 10.5. The third-order valence-electron chi connectivity index (χ3n) is 3.47. The van der Waals surface area contributed by atoms with Gasteiger partial charge in [0.2, 0.25) is 0 Å². The van der Waals surface area contributed by atoms with Crippen LogP contribution >= 0.6 is 0 Å². The van der Waals surface area contributed by atoms with Crippen LogP contribution in [0.25, 0.3) is 0 Å². The molecule has 1 aliphatic carbocycles. The minimum Gasteiger partial charge on any atom is -0.459 e. The summed E-state index contributed by atoms with van der Waals surface area (Å²) in [7, 11) is 0. The maximum atomic E-state index is 11.7. The van der Waals surface area contributed by atoms with Gasteiger partial charge in [-0.1, -0.05) is 6.42 Å². The number of ether oxygens (including phenoxy) is 1. The lowest BCUT2D eigenvalue weighted by Gasteiger charge is -2.22. The number of amides is 1. The Bertz CT molecular complexity index is 277. The quantitative estimate of drug-likeness (QED) is 0.479. The molecule has 0 spiro atoms. The molecule has 2 atom stereocenters. The average molecular weight is 211 g/mol. The average Bonchev–Trinajstić information content (AvgIpc) is 2.77. The fraction of sp³-hybridized carbons (Fsp3) is 0.818.